The molecule has 5 rings (SSSR count). The van der Waals surface area contributed by atoms with Crippen LogP contribution in [0.3, 0.4) is 0 Å². The Labute approximate surface area is 162 Å². The number of H-pyrrole nitrogens is 1. The first kappa shape index (κ1) is 17.2. The lowest BCUT2D eigenvalue weighted by atomic mass is 10.1. The first-order valence-corrected chi connectivity index (χ1v) is 9.77. The molecule has 2 unspecified atom stereocenters. The average molecular weight is 383 g/mol. The maximum Gasteiger partial charge on any atom is 0.226 e. The highest BCUT2D eigenvalue weighted by Crippen LogP contribution is 2.33. The Bertz CT molecular complexity index is 1010. The molecule has 28 heavy (non-hydrogen) atoms. The number of fused-ring (bicyclic) bond motifs is 2. The van der Waals surface area contributed by atoms with E-state index in [-0.39, 0.29) is 6.10 Å². The normalized spacial score (nSPS) is 21.6. The van der Waals surface area contributed by atoms with Gasteiger partial charge < -0.3 is 25.3 Å². The van der Waals surface area contributed by atoms with Crippen molar-refractivity contribution in [1.29, 1.82) is 0 Å². The van der Waals surface area contributed by atoms with E-state index >= 15 is 0 Å². The van der Waals surface area contributed by atoms with Gasteiger partial charge >= 0.3 is 0 Å². The van der Waals surface area contributed by atoms with Gasteiger partial charge in [-0.05, 0) is 19.3 Å². The molecule has 0 radical (unpaired) electrons. The summed E-state index contributed by atoms with van der Waals surface area (Å²) in [7, 11) is 0. The Balaban J connectivity index is 1.46. The van der Waals surface area contributed by atoms with Gasteiger partial charge in [-0.25, -0.2) is 4.98 Å². The maximum absolute atomic E-state index is 5.98. The van der Waals surface area contributed by atoms with Gasteiger partial charge in [-0.3, -0.25) is 5.10 Å². The molecule has 0 aromatic carbocycles. The van der Waals surface area contributed by atoms with Crippen LogP contribution in [0.4, 0.5) is 17.6 Å². The molecule has 0 amide bonds. The van der Waals surface area contributed by atoms with Crippen molar-refractivity contribution in [3.05, 3.63) is 17.6 Å². The zero-order chi connectivity index (χ0) is 19.3. The lowest BCUT2D eigenvalue weighted by molar-refractivity contribution is 0.116. The van der Waals surface area contributed by atoms with Crippen LogP contribution in [0, 0.1) is 5.92 Å². The van der Waals surface area contributed by atoms with E-state index in [0.29, 0.717) is 37.3 Å². The zero-order valence-corrected chi connectivity index (χ0v) is 16.1. The van der Waals surface area contributed by atoms with E-state index in [1.165, 1.54) is 0 Å². The SMILES string of the molecule is CCn1cnc2c(N3Cc4[nH]nc(N)c4C3)nc(NCC3CC(C)CO3)nc21. The summed E-state index contributed by atoms with van der Waals surface area (Å²) in [6, 6.07) is 0. The van der Waals surface area contributed by atoms with Crippen LogP contribution in [0.2, 0.25) is 0 Å². The summed E-state index contributed by atoms with van der Waals surface area (Å²) >= 11 is 0. The molecule has 2 atom stereocenters. The minimum atomic E-state index is 0.200. The van der Waals surface area contributed by atoms with Crippen LogP contribution in [0.15, 0.2) is 6.33 Å². The second-order valence-electron chi connectivity index (χ2n) is 7.67. The molecule has 2 aliphatic rings. The Kier molecular flexibility index (Phi) is 4.08. The lowest BCUT2D eigenvalue weighted by Gasteiger charge is -2.19. The molecule has 2 aliphatic heterocycles. The van der Waals surface area contributed by atoms with E-state index in [1.807, 2.05) is 10.9 Å². The van der Waals surface area contributed by atoms with E-state index in [2.05, 4.69) is 39.2 Å². The van der Waals surface area contributed by atoms with Crippen LogP contribution >= 0.6 is 0 Å². The summed E-state index contributed by atoms with van der Waals surface area (Å²) < 4.78 is 7.84. The molecule has 0 saturated carbocycles. The predicted octanol–water partition coefficient (Wildman–Crippen LogP) is 1.51. The summed E-state index contributed by atoms with van der Waals surface area (Å²) in [4.78, 5) is 16.3. The topological polar surface area (TPSA) is 123 Å². The monoisotopic (exact) mass is 383 g/mol. The Morgan fingerprint density at radius 2 is 2.25 bits per heavy atom. The van der Waals surface area contributed by atoms with Gasteiger partial charge in [0, 0.05) is 25.3 Å². The van der Waals surface area contributed by atoms with Gasteiger partial charge in [-0.2, -0.15) is 15.1 Å². The summed E-state index contributed by atoms with van der Waals surface area (Å²) in [5.74, 6) is 2.56. The number of ether oxygens (including phenoxy) is 1. The van der Waals surface area contributed by atoms with Crippen molar-refractivity contribution in [2.24, 2.45) is 5.92 Å². The van der Waals surface area contributed by atoms with Gasteiger partial charge in [-0.15, -0.1) is 0 Å². The van der Waals surface area contributed by atoms with Crippen molar-refractivity contribution in [2.75, 3.05) is 29.1 Å². The number of aryl methyl sites for hydroxylation is 1. The third-order valence-electron chi connectivity index (χ3n) is 5.54. The molecular weight excluding hydrogens is 358 g/mol. The van der Waals surface area contributed by atoms with Gasteiger partial charge in [0.05, 0.1) is 31.2 Å². The number of hydrogen-bond donors (Lipinski definition) is 3. The van der Waals surface area contributed by atoms with Crippen LogP contribution in [-0.2, 0) is 24.4 Å². The van der Waals surface area contributed by atoms with Crippen molar-refractivity contribution in [2.45, 2.75) is 46.0 Å². The molecule has 1 fully saturated rings. The van der Waals surface area contributed by atoms with Crippen molar-refractivity contribution in [3.8, 4) is 0 Å². The molecule has 148 valence electrons. The molecule has 4 N–H and O–H groups in total. The lowest BCUT2D eigenvalue weighted by Crippen LogP contribution is -2.22. The predicted molar refractivity (Wildman–Crippen MR) is 106 cm³/mol. The van der Waals surface area contributed by atoms with E-state index < -0.39 is 0 Å². The molecule has 5 heterocycles. The first-order chi connectivity index (χ1) is 13.6. The molecule has 10 heteroatoms. The Morgan fingerprint density at radius 1 is 1.36 bits per heavy atom. The van der Waals surface area contributed by atoms with Crippen molar-refractivity contribution in [3.63, 3.8) is 0 Å². The fraction of sp³-hybridized carbons (Fsp3) is 0.556. The summed E-state index contributed by atoms with van der Waals surface area (Å²) in [5.41, 5.74) is 9.67. The van der Waals surface area contributed by atoms with Crippen LogP contribution in [-0.4, -0.2) is 49.0 Å². The minimum Gasteiger partial charge on any atom is -0.382 e. The van der Waals surface area contributed by atoms with Crippen LogP contribution in [0.25, 0.3) is 11.2 Å². The summed E-state index contributed by atoms with van der Waals surface area (Å²) in [5, 5.41) is 10.5. The van der Waals surface area contributed by atoms with Crippen molar-refractivity contribution < 1.29 is 4.74 Å². The molecule has 3 aromatic rings. The van der Waals surface area contributed by atoms with Crippen LogP contribution < -0.4 is 16.0 Å². The highest BCUT2D eigenvalue weighted by Gasteiger charge is 2.28. The van der Waals surface area contributed by atoms with Crippen LogP contribution in [0.1, 0.15) is 31.5 Å². The third-order valence-corrected chi connectivity index (χ3v) is 5.54. The van der Waals surface area contributed by atoms with Gasteiger partial charge in [0.2, 0.25) is 5.95 Å². The number of hydrogen-bond acceptors (Lipinski definition) is 8. The number of nitrogens with two attached hydrogens (primary N) is 1. The molecule has 3 aromatic heterocycles. The summed E-state index contributed by atoms with van der Waals surface area (Å²) in [6.45, 7) is 7.94. The van der Waals surface area contributed by atoms with Gasteiger partial charge in [0.15, 0.2) is 22.8 Å². The number of rotatable bonds is 5. The molecular formula is C18H25N9O. The number of aromatic amines is 1. The Hall–Kier alpha value is -2.88. The Morgan fingerprint density at radius 3 is 3.00 bits per heavy atom. The van der Waals surface area contributed by atoms with E-state index in [9.17, 15) is 0 Å². The third kappa shape index (κ3) is 2.84. The minimum absolute atomic E-state index is 0.200. The second kappa shape index (κ2) is 6.62. The largest absolute Gasteiger partial charge is 0.382 e. The fourth-order valence-corrected chi connectivity index (χ4v) is 4.00. The van der Waals surface area contributed by atoms with Crippen molar-refractivity contribution >= 4 is 28.7 Å². The summed E-state index contributed by atoms with van der Waals surface area (Å²) in [6.07, 6.45) is 3.08. The van der Waals surface area contributed by atoms with Crippen LogP contribution in [0.5, 0.6) is 0 Å². The van der Waals surface area contributed by atoms with E-state index in [1.54, 1.807) is 0 Å². The number of nitrogen functional groups attached to an aromatic ring is 1. The second-order valence-corrected chi connectivity index (χ2v) is 7.67. The van der Waals surface area contributed by atoms with Gasteiger partial charge in [0.1, 0.15) is 0 Å². The van der Waals surface area contributed by atoms with E-state index in [0.717, 1.165) is 47.8 Å². The standard InChI is InChI=1S/C18H25N9O/c1-3-26-9-21-14-16(26)22-18(20-5-11-4-10(2)8-28-11)23-17(14)27-6-12-13(7-27)24-25-15(12)19/h9-11H,3-8H2,1-2H3,(H3,19,24,25)(H,20,22,23). The number of anilines is 3. The highest BCUT2D eigenvalue weighted by molar-refractivity contribution is 5.85. The highest BCUT2D eigenvalue weighted by atomic mass is 16.5. The smallest absolute Gasteiger partial charge is 0.226 e. The fourth-order valence-electron chi connectivity index (χ4n) is 4.00. The zero-order valence-electron chi connectivity index (χ0n) is 16.1. The van der Waals surface area contributed by atoms with E-state index in [4.69, 9.17) is 20.4 Å². The number of imidazole rings is 1. The quantitative estimate of drug-likeness (QED) is 0.606. The number of nitrogens with one attached hydrogen (secondary N) is 2. The first-order valence-electron chi connectivity index (χ1n) is 9.77. The number of aromatic nitrogens is 6. The molecule has 0 bridgehead atoms. The maximum atomic E-state index is 5.98. The van der Waals surface area contributed by atoms with Gasteiger partial charge in [0.25, 0.3) is 0 Å². The molecule has 1 saturated heterocycles. The molecule has 0 spiro atoms. The number of nitrogens with zero attached hydrogens (tertiary/aromatic N) is 6. The van der Waals surface area contributed by atoms with Crippen molar-refractivity contribution in [1.82, 2.24) is 29.7 Å². The average Bonchev–Trinajstić information content (AvgIpc) is 3.45. The van der Waals surface area contributed by atoms with Gasteiger partial charge in [-0.1, -0.05) is 6.92 Å². The molecule has 10 nitrogen and oxygen atoms in total. The molecule has 0 aliphatic carbocycles.